The summed E-state index contributed by atoms with van der Waals surface area (Å²) in [7, 11) is 0. The molecule has 1 aliphatic heterocycles. The lowest BCUT2D eigenvalue weighted by atomic mass is 9.43. The molecule has 1 saturated heterocycles. The highest BCUT2D eigenvalue weighted by Gasteiger charge is 2.63. The summed E-state index contributed by atoms with van der Waals surface area (Å²) in [6.45, 7) is 10.1. The van der Waals surface area contributed by atoms with Crippen LogP contribution in [-0.4, -0.2) is 59.5 Å². The first-order chi connectivity index (χ1) is 15.7. The van der Waals surface area contributed by atoms with E-state index < -0.39 is 0 Å². The number of carbonyl (C=O) groups is 1. The van der Waals surface area contributed by atoms with E-state index in [1.54, 1.807) is 0 Å². The highest BCUT2D eigenvalue weighted by Crippen LogP contribution is 2.68. The molecule has 5 rings (SSSR count). The summed E-state index contributed by atoms with van der Waals surface area (Å²) in [6, 6.07) is 0. The fraction of sp³-hybridized carbons (Fsp3) is 0.964. The van der Waals surface area contributed by atoms with Gasteiger partial charge in [-0.2, -0.15) is 0 Å². The summed E-state index contributed by atoms with van der Waals surface area (Å²) in [6.07, 6.45) is 10.1. The number of morpholine rings is 1. The topological polar surface area (TPSA) is 70.0 Å². The molecule has 5 fully saturated rings. The fourth-order valence-corrected chi connectivity index (χ4v) is 9.86. The van der Waals surface area contributed by atoms with Crippen molar-refractivity contribution in [2.75, 3.05) is 26.3 Å². The lowest BCUT2D eigenvalue weighted by Crippen LogP contribution is -2.59. The van der Waals surface area contributed by atoms with Crippen LogP contribution in [0.3, 0.4) is 0 Å². The zero-order chi connectivity index (χ0) is 23.4. The van der Waals surface area contributed by atoms with E-state index in [4.69, 9.17) is 4.74 Å². The minimum Gasteiger partial charge on any atom is -0.393 e. The lowest BCUT2D eigenvalue weighted by molar-refractivity contribution is -0.179. The molecular formula is C28H47NO4. The minimum atomic E-state index is -0.220. The first-order valence-corrected chi connectivity index (χ1v) is 14.0. The second-order valence-corrected chi connectivity index (χ2v) is 13.0. The van der Waals surface area contributed by atoms with Crippen molar-refractivity contribution in [2.24, 2.45) is 46.3 Å². The number of aliphatic hydroxyl groups excluding tert-OH is 2. The van der Waals surface area contributed by atoms with Crippen LogP contribution in [0, 0.1) is 46.3 Å². The maximum absolute atomic E-state index is 12.7. The Morgan fingerprint density at radius 3 is 2.58 bits per heavy atom. The van der Waals surface area contributed by atoms with Gasteiger partial charge < -0.3 is 19.8 Å². The third kappa shape index (κ3) is 4.08. The summed E-state index contributed by atoms with van der Waals surface area (Å²) < 4.78 is 5.40. The van der Waals surface area contributed by atoms with Crippen molar-refractivity contribution < 1.29 is 19.7 Å². The molecule has 0 aromatic carbocycles. The van der Waals surface area contributed by atoms with Crippen LogP contribution in [0.25, 0.3) is 0 Å². The van der Waals surface area contributed by atoms with Crippen LogP contribution >= 0.6 is 0 Å². The first-order valence-electron chi connectivity index (χ1n) is 14.0. The molecule has 188 valence electrons. The minimum absolute atomic E-state index is 0.137. The van der Waals surface area contributed by atoms with E-state index in [-0.39, 0.29) is 23.0 Å². The molecule has 0 bridgehead atoms. The normalized spacial score (nSPS) is 48.5. The predicted octanol–water partition coefficient (Wildman–Crippen LogP) is 4.25. The number of amides is 1. The Kier molecular flexibility index (Phi) is 6.63. The van der Waals surface area contributed by atoms with Gasteiger partial charge >= 0.3 is 0 Å². The molecule has 1 heterocycles. The third-order valence-corrected chi connectivity index (χ3v) is 11.5. The van der Waals surface area contributed by atoms with E-state index in [2.05, 4.69) is 20.8 Å². The fourth-order valence-electron chi connectivity index (χ4n) is 9.86. The molecule has 5 nitrogen and oxygen atoms in total. The zero-order valence-corrected chi connectivity index (χ0v) is 21.2. The lowest BCUT2D eigenvalue weighted by Gasteiger charge is -2.62. The quantitative estimate of drug-likeness (QED) is 0.657. The maximum Gasteiger partial charge on any atom is 0.222 e. The van der Waals surface area contributed by atoms with Crippen molar-refractivity contribution in [2.45, 2.75) is 97.2 Å². The number of fused-ring (bicyclic) bond motifs is 5. The average Bonchev–Trinajstić information content (AvgIpc) is 3.14. The van der Waals surface area contributed by atoms with E-state index in [1.165, 1.54) is 25.7 Å². The zero-order valence-electron chi connectivity index (χ0n) is 21.2. The summed E-state index contributed by atoms with van der Waals surface area (Å²) in [5, 5.41) is 21.9. The molecular weight excluding hydrogens is 414 g/mol. The monoisotopic (exact) mass is 461 g/mol. The van der Waals surface area contributed by atoms with Gasteiger partial charge in [0.15, 0.2) is 0 Å². The molecule has 0 aromatic rings. The predicted molar refractivity (Wildman–Crippen MR) is 128 cm³/mol. The van der Waals surface area contributed by atoms with E-state index in [0.717, 1.165) is 45.2 Å². The van der Waals surface area contributed by atoms with Gasteiger partial charge in [0.05, 0.1) is 25.4 Å². The smallest absolute Gasteiger partial charge is 0.222 e. The van der Waals surface area contributed by atoms with E-state index in [0.29, 0.717) is 61.0 Å². The Balaban J connectivity index is 1.27. The number of hydrogen-bond acceptors (Lipinski definition) is 4. The highest BCUT2D eigenvalue weighted by molar-refractivity contribution is 5.76. The molecule has 5 heteroatoms. The Hall–Kier alpha value is -0.650. The number of rotatable bonds is 4. The van der Waals surface area contributed by atoms with Gasteiger partial charge in [-0.25, -0.2) is 0 Å². The van der Waals surface area contributed by atoms with Gasteiger partial charge in [-0.15, -0.1) is 0 Å². The van der Waals surface area contributed by atoms with Crippen molar-refractivity contribution in [3.8, 4) is 0 Å². The Labute approximate surface area is 200 Å². The average molecular weight is 462 g/mol. The van der Waals surface area contributed by atoms with Crippen molar-refractivity contribution in [1.29, 1.82) is 0 Å². The first kappa shape index (κ1) is 24.1. The molecule has 0 radical (unpaired) electrons. The number of aliphatic hydroxyl groups is 2. The third-order valence-electron chi connectivity index (χ3n) is 11.5. The Morgan fingerprint density at radius 1 is 1.06 bits per heavy atom. The molecule has 0 aromatic heterocycles. The van der Waals surface area contributed by atoms with Gasteiger partial charge in [0.2, 0.25) is 5.91 Å². The van der Waals surface area contributed by atoms with Gasteiger partial charge in [0.25, 0.3) is 0 Å². The van der Waals surface area contributed by atoms with Gasteiger partial charge in [0, 0.05) is 19.5 Å². The van der Waals surface area contributed by atoms with Crippen LogP contribution < -0.4 is 0 Å². The van der Waals surface area contributed by atoms with E-state index in [1.807, 2.05) is 4.90 Å². The van der Waals surface area contributed by atoms with Gasteiger partial charge in [0.1, 0.15) is 0 Å². The second kappa shape index (κ2) is 9.09. The number of ether oxygens (including phenoxy) is 1. The van der Waals surface area contributed by atoms with Crippen molar-refractivity contribution in [3.63, 3.8) is 0 Å². The molecule has 33 heavy (non-hydrogen) atoms. The van der Waals surface area contributed by atoms with Crippen LogP contribution in [0.4, 0.5) is 0 Å². The van der Waals surface area contributed by atoms with Gasteiger partial charge in [-0.05, 0) is 104 Å². The maximum atomic E-state index is 12.7. The molecule has 10 atom stereocenters. The Morgan fingerprint density at radius 2 is 1.82 bits per heavy atom. The van der Waals surface area contributed by atoms with Crippen LogP contribution in [-0.2, 0) is 9.53 Å². The largest absolute Gasteiger partial charge is 0.393 e. The highest BCUT2D eigenvalue weighted by atomic mass is 16.5. The second-order valence-electron chi connectivity index (χ2n) is 13.0. The molecule has 1 amide bonds. The van der Waals surface area contributed by atoms with Crippen molar-refractivity contribution in [3.05, 3.63) is 0 Å². The number of nitrogens with zero attached hydrogens (tertiary/aromatic N) is 1. The molecule has 2 N–H and O–H groups in total. The van der Waals surface area contributed by atoms with Crippen molar-refractivity contribution >= 4 is 5.91 Å². The van der Waals surface area contributed by atoms with Crippen LogP contribution in [0.15, 0.2) is 0 Å². The number of hydrogen-bond donors (Lipinski definition) is 2. The van der Waals surface area contributed by atoms with Gasteiger partial charge in [-0.3, -0.25) is 4.79 Å². The summed E-state index contributed by atoms with van der Waals surface area (Å²) >= 11 is 0. The molecule has 5 aliphatic rings. The van der Waals surface area contributed by atoms with Crippen molar-refractivity contribution in [1.82, 2.24) is 4.90 Å². The summed E-state index contributed by atoms with van der Waals surface area (Å²) in [4.78, 5) is 14.7. The standard InChI is InChI=1S/C28H47NO4/c1-18(4-9-25(32)29-12-14-33-15-13-29)22-7-8-23-21-6-5-19-16-20(30)10-11-27(19,2)26(21)24(31)17-28(22,23)3/h18-24,26,30-31H,4-17H2,1-3H3/t18?,19-,20-,21-,22+,23-,24-,26+,27-,28+/m0/s1. The van der Waals surface area contributed by atoms with E-state index >= 15 is 0 Å². The van der Waals surface area contributed by atoms with Gasteiger partial charge in [-0.1, -0.05) is 20.8 Å². The molecule has 4 saturated carbocycles. The Bertz CT molecular complexity index is 723. The molecule has 4 aliphatic carbocycles. The number of carbonyl (C=O) groups excluding carboxylic acids is 1. The molecule has 1 unspecified atom stereocenters. The summed E-state index contributed by atoms with van der Waals surface area (Å²) in [5.74, 6) is 3.72. The summed E-state index contributed by atoms with van der Waals surface area (Å²) in [5.41, 5.74) is 0.385. The van der Waals surface area contributed by atoms with Crippen LogP contribution in [0.5, 0.6) is 0 Å². The van der Waals surface area contributed by atoms with E-state index in [9.17, 15) is 15.0 Å². The SMILES string of the molecule is CC(CCC(=O)N1CCOCC1)[C@H]1CC[C@H]2[C@@H]3CC[C@H]4C[C@@H](O)CC[C@]4(C)[C@H]3[C@@H](O)C[C@]12C. The van der Waals surface area contributed by atoms with Crippen LogP contribution in [0.2, 0.25) is 0 Å². The molecule has 0 spiro atoms. The van der Waals surface area contributed by atoms with Crippen LogP contribution in [0.1, 0.15) is 85.0 Å².